The molecule has 0 aliphatic heterocycles. The van der Waals surface area contributed by atoms with Gasteiger partial charge in [-0.2, -0.15) is 0 Å². The third-order valence-corrected chi connectivity index (χ3v) is 10.3. The Hall–Kier alpha value is -4.77. The summed E-state index contributed by atoms with van der Waals surface area (Å²) in [6.45, 7) is 18.6. The summed E-state index contributed by atoms with van der Waals surface area (Å²) in [6, 6.07) is 20.1. The predicted molar refractivity (Wildman–Crippen MR) is 210 cm³/mol. The molecular weight excluding hydrogens is 692 g/mol. The van der Waals surface area contributed by atoms with Gasteiger partial charge in [-0.25, -0.2) is 0 Å². The number of ketones is 1. The number of rotatable bonds is 16. The van der Waals surface area contributed by atoms with E-state index in [-0.39, 0.29) is 29.0 Å². The minimum Gasteiger partial charge on any atom is -0.496 e. The standard InChI is InChI=1S/C41H53ClN6O5/c1-11-39(6,7)27-22-23-33(31(25-27)40(8,9)12-2)53-24-16-21-34(49)43-28-17-15-18-29(26-28)44-37(51)41(42,36(50)38(3,4)5)48-46-35(45-47-48)30-19-13-14-20-32(30)52-10/h13-15,17-20,22-23,25-26H,11-12,16,21,24H2,1-10H3,(H,43,49)(H,44,51). The summed E-state index contributed by atoms with van der Waals surface area (Å²) in [5, 5.41) is 18.0. The van der Waals surface area contributed by atoms with E-state index in [0.717, 1.165) is 23.4 Å². The molecular formula is C41H53ClN6O5. The Morgan fingerprint density at radius 3 is 2.11 bits per heavy atom. The van der Waals surface area contributed by atoms with Crippen LogP contribution in [-0.2, 0) is 30.2 Å². The quantitative estimate of drug-likeness (QED) is 0.0661. The molecule has 1 heterocycles. The van der Waals surface area contributed by atoms with Gasteiger partial charge in [0.05, 0.1) is 19.3 Å². The summed E-state index contributed by atoms with van der Waals surface area (Å²) in [5.74, 6) is -0.301. The molecule has 0 radical (unpaired) electrons. The molecule has 1 unspecified atom stereocenters. The van der Waals surface area contributed by atoms with E-state index in [9.17, 15) is 14.4 Å². The molecule has 2 amide bonds. The van der Waals surface area contributed by atoms with E-state index < -0.39 is 22.1 Å². The van der Waals surface area contributed by atoms with Crippen LogP contribution in [0, 0.1) is 5.41 Å². The van der Waals surface area contributed by atoms with Gasteiger partial charge in [-0.15, -0.1) is 15.0 Å². The van der Waals surface area contributed by atoms with E-state index in [1.54, 1.807) is 69.3 Å². The first-order valence-corrected chi connectivity index (χ1v) is 18.4. The van der Waals surface area contributed by atoms with Crippen LogP contribution >= 0.6 is 11.6 Å². The lowest BCUT2D eigenvalue weighted by atomic mass is 9.76. The molecule has 1 aromatic heterocycles. The Morgan fingerprint density at radius 1 is 0.811 bits per heavy atom. The van der Waals surface area contributed by atoms with E-state index in [4.69, 9.17) is 21.1 Å². The molecule has 4 rings (SSSR count). The lowest BCUT2D eigenvalue weighted by Crippen LogP contribution is -2.52. The van der Waals surface area contributed by atoms with Gasteiger partial charge in [-0.1, -0.05) is 104 Å². The van der Waals surface area contributed by atoms with E-state index in [1.165, 1.54) is 18.2 Å². The second kappa shape index (κ2) is 16.5. The zero-order valence-corrected chi connectivity index (χ0v) is 33.4. The van der Waals surface area contributed by atoms with E-state index in [1.807, 2.05) is 0 Å². The molecule has 0 bridgehead atoms. The number of nitrogens with one attached hydrogen (secondary N) is 2. The first kappa shape index (κ1) is 41.0. The number of halogens is 1. The normalized spacial score (nSPS) is 13.2. The van der Waals surface area contributed by atoms with Crippen LogP contribution in [0.2, 0.25) is 0 Å². The summed E-state index contributed by atoms with van der Waals surface area (Å²) < 4.78 is 11.7. The highest BCUT2D eigenvalue weighted by Gasteiger charge is 2.53. The molecule has 4 aromatic rings. The molecule has 12 heteroatoms. The number of methoxy groups -OCH3 is 1. The number of Topliss-reactive ketones (excluding diaryl/α,β-unsaturated/α-hetero) is 1. The molecule has 0 aliphatic rings. The zero-order valence-electron chi connectivity index (χ0n) is 32.6. The number of tetrazole rings is 1. The second-order valence-electron chi connectivity index (χ2n) is 15.5. The molecule has 1 atom stereocenters. The summed E-state index contributed by atoms with van der Waals surface area (Å²) in [6.07, 6.45) is 2.71. The largest absolute Gasteiger partial charge is 0.496 e. The monoisotopic (exact) mass is 744 g/mol. The number of hydrogen-bond donors (Lipinski definition) is 2. The first-order chi connectivity index (χ1) is 24.9. The number of ether oxygens (including phenoxy) is 2. The molecule has 0 aliphatic carbocycles. The summed E-state index contributed by atoms with van der Waals surface area (Å²) in [4.78, 5) is 39.0. The van der Waals surface area contributed by atoms with E-state index >= 15 is 0 Å². The van der Waals surface area contributed by atoms with Crippen molar-refractivity contribution in [1.29, 1.82) is 0 Å². The van der Waals surface area contributed by atoms with Gasteiger partial charge in [0.25, 0.3) is 10.9 Å². The fourth-order valence-electron chi connectivity index (χ4n) is 5.59. The third-order valence-electron chi connectivity index (χ3n) is 9.79. The predicted octanol–water partition coefficient (Wildman–Crippen LogP) is 8.67. The van der Waals surface area contributed by atoms with Crippen LogP contribution in [0.25, 0.3) is 11.4 Å². The van der Waals surface area contributed by atoms with Gasteiger partial charge in [-0.3, -0.25) is 14.4 Å². The second-order valence-corrected chi connectivity index (χ2v) is 16.1. The van der Waals surface area contributed by atoms with Crippen LogP contribution in [0.1, 0.15) is 99.1 Å². The van der Waals surface area contributed by atoms with Crippen LogP contribution in [0.3, 0.4) is 0 Å². The lowest BCUT2D eigenvalue weighted by Gasteiger charge is -2.30. The molecule has 0 saturated carbocycles. The van der Waals surface area contributed by atoms with Crippen molar-refractivity contribution in [1.82, 2.24) is 20.2 Å². The Morgan fingerprint density at radius 2 is 1.47 bits per heavy atom. The van der Waals surface area contributed by atoms with Gasteiger partial charge in [0.15, 0.2) is 5.78 Å². The number of aromatic nitrogens is 4. The number of para-hydroxylation sites is 1. The highest BCUT2D eigenvalue weighted by molar-refractivity contribution is 6.45. The van der Waals surface area contributed by atoms with Crippen molar-refractivity contribution in [2.24, 2.45) is 5.41 Å². The van der Waals surface area contributed by atoms with Crippen molar-refractivity contribution in [2.75, 3.05) is 24.4 Å². The average molecular weight is 745 g/mol. The fraction of sp³-hybridized carbons (Fsp3) is 0.463. The summed E-state index contributed by atoms with van der Waals surface area (Å²) in [5.41, 5.74) is 2.65. The lowest BCUT2D eigenvalue weighted by molar-refractivity contribution is -0.139. The maximum absolute atomic E-state index is 13.9. The number of carbonyl (C=O) groups excluding carboxylic acids is 3. The highest BCUT2D eigenvalue weighted by atomic mass is 35.5. The third kappa shape index (κ3) is 9.43. The van der Waals surface area contributed by atoms with Gasteiger partial charge >= 0.3 is 0 Å². The average Bonchev–Trinajstić information content (AvgIpc) is 3.63. The first-order valence-electron chi connectivity index (χ1n) is 18.0. The minimum absolute atomic E-state index is 0.0579. The van der Waals surface area contributed by atoms with Crippen LogP contribution in [0.15, 0.2) is 66.7 Å². The summed E-state index contributed by atoms with van der Waals surface area (Å²) >= 11 is 6.91. The fourth-order valence-corrected chi connectivity index (χ4v) is 5.99. The number of benzene rings is 3. The number of alkyl halides is 1. The molecule has 2 N–H and O–H groups in total. The van der Waals surface area contributed by atoms with Gasteiger partial charge < -0.3 is 20.1 Å². The summed E-state index contributed by atoms with van der Waals surface area (Å²) in [7, 11) is 1.51. The number of nitrogens with zero attached hydrogens (tertiary/aromatic N) is 4. The maximum Gasteiger partial charge on any atom is 0.292 e. The smallest absolute Gasteiger partial charge is 0.292 e. The van der Waals surface area contributed by atoms with Crippen LogP contribution in [0.5, 0.6) is 11.5 Å². The van der Waals surface area contributed by atoms with Crippen LogP contribution in [-0.4, -0.2) is 51.5 Å². The van der Waals surface area contributed by atoms with Crippen molar-refractivity contribution in [3.05, 3.63) is 77.9 Å². The maximum atomic E-state index is 13.9. The van der Waals surface area contributed by atoms with Gasteiger partial charge in [-0.05, 0) is 77.3 Å². The number of hydrogen-bond acceptors (Lipinski definition) is 8. The van der Waals surface area contributed by atoms with E-state index in [0.29, 0.717) is 35.7 Å². The molecule has 0 spiro atoms. The topological polar surface area (TPSA) is 137 Å². The Bertz CT molecular complexity index is 1930. The SMILES string of the molecule is CCC(C)(C)c1ccc(OCCCC(=O)Nc2cccc(NC(=O)C(Cl)(C(=O)C(C)(C)C)n3nnc(-c4ccccc4OC)n3)c2)c(C(C)(C)CC)c1. The Labute approximate surface area is 318 Å². The van der Waals surface area contributed by atoms with Crippen LogP contribution in [0.4, 0.5) is 11.4 Å². The molecule has 0 fully saturated rings. The molecule has 11 nitrogen and oxygen atoms in total. The number of amides is 2. The van der Waals surface area contributed by atoms with Crippen molar-refractivity contribution in [3.63, 3.8) is 0 Å². The zero-order chi connectivity index (χ0) is 39.2. The Balaban J connectivity index is 1.44. The van der Waals surface area contributed by atoms with E-state index in [2.05, 4.69) is 85.8 Å². The molecule has 284 valence electrons. The van der Waals surface area contributed by atoms with Gasteiger partial charge in [0.1, 0.15) is 11.5 Å². The number of carbonyl (C=O) groups is 3. The Kier molecular flexibility index (Phi) is 12.8. The highest BCUT2D eigenvalue weighted by Crippen LogP contribution is 2.39. The molecule has 0 saturated heterocycles. The minimum atomic E-state index is -2.39. The van der Waals surface area contributed by atoms with Gasteiger partial charge in [0.2, 0.25) is 11.7 Å². The van der Waals surface area contributed by atoms with Gasteiger partial charge in [0, 0.05) is 28.8 Å². The van der Waals surface area contributed by atoms with Crippen molar-refractivity contribution in [3.8, 4) is 22.9 Å². The van der Waals surface area contributed by atoms with Crippen LogP contribution < -0.4 is 20.1 Å². The van der Waals surface area contributed by atoms with Crippen molar-refractivity contribution >= 4 is 40.6 Å². The molecule has 3 aromatic carbocycles. The number of anilines is 2. The molecule has 53 heavy (non-hydrogen) atoms. The van der Waals surface area contributed by atoms with Crippen molar-refractivity contribution in [2.45, 2.75) is 104 Å². The van der Waals surface area contributed by atoms with Crippen molar-refractivity contribution < 1.29 is 23.9 Å².